The number of rotatable bonds is 5. The molecule has 0 radical (unpaired) electrons. The van der Waals surface area contributed by atoms with E-state index in [1.165, 1.54) is 16.9 Å². The normalized spacial score (nSPS) is 10.3. The molecule has 0 N–H and O–H groups in total. The molecule has 1 aromatic rings. The highest BCUT2D eigenvalue weighted by Crippen LogP contribution is 2.23. The molecule has 0 atom stereocenters. The molecule has 1 aromatic carbocycles. The van der Waals surface area contributed by atoms with Crippen molar-refractivity contribution in [2.75, 3.05) is 51.2 Å². The van der Waals surface area contributed by atoms with Crippen molar-refractivity contribution in [2.45, 2.75) is 6.92 Å². The Morgan fingerprint density at radius 3 is 2.38 bits per heavy atom. The summed E-state index contributed by atoms with van der Waals surface area (Å²) in [7, 11) is 7.95. The molecule has 0 aliphatic carbocycles. The van der Waals surface area contributed by atoms with Crippen LogP contribution in [0.25, 0.3) is 0 Å². The van der Waals surface area contributed by atoms with Gasteiger partial charge in [-0.3, -0.25) is 0 Å². The molecule has 0 amide bonds. The van der Waals surface area contributed by atoms with Gasteiger partial charge in [0.05, 0.1) is 6.61 Å². The van der Waals surface area contributed by atoms with Crippen LogP contribution in [0.2, 0.25) is 0 Å². The maximum atomic E-state index is 5.08. The summed E-state index contributed by atoms with van der Waals surface area (Å²) in [6.45, 7) is 3.81. The second-order valence-corrected chi connectivity index (χ2v) is 4.28. The second kappa shape index (κ2) is 5.75. The van der Waals surface area contributed by atoms with Crippen molar-refractivity contribution in [2.24, 2.45) is 0 Å². The molecule has 0 aliphatic heterocycles. The fourth-order valence-electron chi connectivity index (χ4n) is 1.74. The monoisotopic (exact) mass is 222 g/mol. The highest BCUT2D eigenvalue weighted by molar-refractivity contribution is 5.60. The van der Waals surface area contributed by atoms with Crippen molar-refractivity contribution in [3.05, 3.63) is 23.8 Å². The Morgan fingerprint density at radius 1 is 1.19 bits per heavy atom. The van der Waals surface area contributed by atoms with E-state index in [1.54, 1.807) is 7.11 Å². The van der Waals surface area contributed by atoms with Crippen LogP contribution >= 0.6 is 0 Å². The summed E-state index contributed by atoms with van der Waals surface area (Å²) in [6, 6.07) is 6.52. The van der Waals surface area contributed by atoms with Crippen LogP contribution in [-0.2, 0) is 4.74 Å². The van der Waals surface area contributed by atoms with Crippen LogP contribution in [0.15, 0.2) is 18.2 Å². The standard InChI is InChI=1S/C13H22N2O/c1-11-10-12(15(4)8-9-16-5)6-7-13(11)14(2)3/h6-7,10H,8-9H2,1-5H3. The Morgan fingerprint density at radius 2 is 1.88 bits per heavy atom. The van der Waals surface area contributed by atoms with E-state index in [0.717, 1.165) is 13.2 Å². The minimum atomic E-state index is 0.755. The molecule has 0 heterocycles. The van der Waals surface area contributed by atoms with Gasteiger partial charge in [-0.15, -0.1) is 0 Å². The number of nitrogens with zero attached hydrogens (tertiary/aromatic N) is 2. The van der Waals surface area contributed by atoms with E-state index in [1.807, 2.05) is 0 Å². The van der Waals surface area contributed by atoms with Crippen LogP contribution in [0.5, 0.6) is 0 Å². The molecule has 0 saturated heterocycles. The number of anilines is 2. The molecule has 16 heavy (non-hydrogen) atoms. The van der Waals surface area contributed by atoms with E-state index in [2.05, 4.69) is 56.1 Å². The number of hydrogen-bond acceptors (Lipinski definition) is 3. The van der Waals surface area contributed by atoms with Gasteiger partial charge in [-0.1, -0.05) is 0 Å². The van der Waals surface area contributed by atoms with Gasteiger partial charge in [0.1, 0.15) is 0 Å². The summed E-state index contributed by atoms with van der Waals surface area (Å²) in [4.78, 5) is 4.34. The van der Waals surface area contributed by atoms with Gasteiger partial charge < -0.3 is 14.5 Å². The SMILES string of the molecule is COCCN(C)c1ccc(N(C)C)c(C)c1. The third kappa shape index (κ3) is 3.14. The number of ether oxygens (including phenoxy) is 1. The molecule has 90 valence electrons. The van der Waals surface area contributed by atoms with Crippen LogP contribution < -0.4 is 9.80 Å². The summed E-state index contributed by atoms with van der Waals surface area (Å²) in [6.07, 6.45) is 0. The van der Waals surface area contributed by atoms with E-state index in [9.17, 15) is 0 Å². The average Bonchev–Trinajstić information content (AvgIpc) is 2.25. The predicted molar refractivity (Wildman–Crippen MR) is 70.7 cm³/mol. The lowest BCUT2D eigenvalue weighted by molar-refractivity contribution is 0.206. The summed E-state index contributed by atoms with van der Waals surface area (Å²) >= 11 is 0. The summed E-state index contributed by atoms with van der Waals surface area (Å²) in [5.41, 5.74) is 3.80. The maximum Gasteiger partial charge on any atom is 0.0637 e. The second-order valence-electron chi connectivity index (χ2n) is 4.28. The van der Waals surface area contributed by atoms with Gasteiger partial charge >= 0.3 is 0 Å². The van der Waals surface area contributed by atoms with Crippen molar-refractivity contribution in [3.63, 3.8) is 0 Å². The zero-order valence-electron chi connectivity index (χ0n) is 10.9. The molecule has 0 bridgehead atoms. The summed E-state index contributed by atoms with van der Waals surface area (Å²) < 4.78 is 5.08. The molecular weight excluding hydrogens is 200 g/mol. The van der Waals surface area contributed by atoms with Crippen LogP contribution in [-0.4, -0.2) is 41.4 Å². The number of likely N-dealkylation sites (N-methyl/N-ethyl adjacent to an activating group) is 1. The van der Waals surface area contributed by atoms with Gasteiger partial charge in [-0.05, 0) is 30.7 Å². The minimum absolute atomic E-state index is 0.755. The van der Waals surface area contributed by atoms with Crippen LogP contribution in [0.3, 0.4) is 0 Å². The fraction of sp³-hybridized carbons (Fsp3) is 0.538. The molecule has 0 aliphatic rings. The highest BCUT2D eigenvalue weighted by atomic mass is 16.5. The molecule has 3 nitrogen and oxygen atoms in total. The summed E-state index contributed by atoms with van der Waals surface area (Å²) in [5, 5.41) is 0. The van der Waals surface area contributed by atoms with Crippen molar-refractivity contribution < 1.29 is 4.74 Å². The molecule has 0 saturated carbocycles. The van der Waals surface area contributed by atoms with Gasteiger partial charge in [0.15, 0.2) is 0 Å². The lowest BCUT2D eigenvalue weighted by atomic mass is 10.1. The largest absolute Gasteiger partial charge is 0.383 e. The van der Waals surface area contributed by atoms with E-state index >= 15 is 0 Å². The van der Waals surface area contributed by atoms with E-state index < -0.39 is 0 Å². The molecule has 0 fully saturated rings. The Balaban J connectivity index is 2.80. The summed E-state index contributed by atoms with van der Waals surface area (Å²) in [5.74, 6) is 0. The Kier molecular flexibility index (Phi) is 4.62. The Labute approximate surface area is 98.6 Å². The number of hydrogen-bond donors (Lipinski definition) is 0. The van der Waals surface area contributed by atoms with Crippen molar-refractivity contribution in [1.82, 2.24) is 0 Å². The van der Waals surface area contributed by atoms with Crippen molar-refractivity contribution in [1.29, 1.82) is 0 Å². The quantitative estimate of drug-likeness (QED) is 0.759. The molecule has 0 unspecified atom stereocenters. The lowest BCUT2D eigenvalue weighted by Crippen LogP contribution is -2.22. The molecule has 1 rings (SSSR count). The first-order chi connectivity index (χ1) is 7.56. The predicted octanol–water partition coefficient (Wildman–Crippen LogP) is 2.14. The van der Waals surface area contributed by atoms with Gasteiger partial charge in [-0.2, -0.15) is 0 Å². The van der Waals surface area contributed by atoms with E-state index in [-0.39, 0.29) is 0 Å². The number of aryl methyl sites for hydroxylation is 1. The fourth-order valence-corrected chi connectivity index (χ4v) is 1.74. The van der Waals surface area contributed by atoms with Gasteiger partial charge in [0.2, 0.25) is 0 Å². The van der Waals surface area contributed by atoms with Gasteiger partial charge in [-0.25, -0.2) is 0 Å². The smallest absolute Gasteiger partial charge is 0.0637 e. The third-order valence-electron chi connectivity index (χ3n) is 2.73. The topological polar surface area (TPSA) is 15.7 Å². The zero-order chi connectivity index (χ0) is 12.1. The van der Waals surface area contributed by atoms with Gasteiger partial charge in [0.25, 0.3) is 0 Å². The van der Waals surface area contributed by atoms with Crippen LogP contribution in [0.4, 0.5) is 11.4 Å². The third-order valence-corrected chi connectivity index (χ3v) is 2.73. The average molecular weight is 222 g/mol. The lowest BCUT2D eigenvalue weighted by Gasteiger charge is -2.22. The molecule has 3 heteroatoms. The van der Waals surface area contributed by atoms with E-state index in [4.69, 9.17) is 4.74 Å². The highest BCUT2D eigenvalue weighted by Gasteiger charge is 2.04. The number of methoxy groups -OCH3 is 1. The Bertz CT molecular complexity index is 337. The zero-order valence-corrected chi connectivity index (χ0v) is 10.9. The minimum Gasteiger partial charge on any atom is -0.383 e. The van der Waals surface area contributed by atoms with Crippen LogP contribution in [0, 0.1) is 6.92 Å². The van der Waals surface area contributed by atoms with E-state index in [0.29, 0.717) is 0 Å². The first-order valence-electron chi connectivity index (χ1n) is 5.54. The van der Waals surface area contributed by atoms with Crippen LogP contribution in [0.1, 0.15) is 5.56 Å². The first-order valence-corrected chi connectivity index (χ1v) is 5.54. The molecular formula is C13H22N2O. The van der Waals surface area contributed by atoms with Gasteiger partial charge in [0, 0.05) is 46.2 Å². The Hall–Kier alpha value is -1.22. The number of benzene rings is 1. The molecule has 0 aromatic heterocycles. The maximum absolute atomic E-state index is 5.08. The van der Waals surface area contributed by atoms with Crippen molar-refractivity contribution >= 4 is 11.4 Å². The first kappa shape index (κ1) is 12.8. The molecule has 0 spiro atoms. The van der Waals surface area contributed by atoms with Crippen molar-refractivity contribution in [3.8, 4) is 0 Å².